The number of benzene rings is 7. The van der Waals surface area contributed by atoms with E-state index in [1.165, 1.54) is 5.39 Å². The predicted octanol–water partition coefficient (Wildman–Crippen LogP) is 10.9. The molecule has 2 heterocycles. The van der Waals surface area contributed by atoms with Gasteiger partial charge in [-0.1, -0.05) is 134 Å². The maximum absolute atomic E-state index is 9.49. The van der Waals surface area contributed by atoms with Crippen LogP contribution in [0.5, 0.6) is 0 Å². The Labute approximate surface area is 282 Å². The summed E-state index contributed by atoms with van der Waals surface area (Å²) in [6, 6.07) is 49.9. The molecular weight excluding hydrogens is 599 g/mol. The van der Waals surface area contributed by atoms with E-state index in [9.17, 15) is 5.41 Å². The van der Waals surface area contributed by atoms with E-state index in [1.54, 1.807) is 12.2 Å². The second-order valence-electron chi connectivity index (χ2n) is 12.2. The molecule has 1 N–H and O–H groups in total. The van der Waals surface area contributed by atoms with E-state index in [0.29, 0.717) is 23.0 Å². The van der Waals surface area contributed by atoms with Gasteiger partial charge in [-0.25, -0.2) is 15.0 Å². The normalized spacial score (nSPS) is 12.0. The maximum Gasteiger partial charge on any atom is 0.164 e. The third kappa shape index (κ3) is 4.88. The van der Waals surface area contributed by atoms with Crippen molar-refractivity contribution in [3.8, 4) is 22.8 Å². The van der Waals surface area contributed by atoms with E-state index in [2.05, 4.69) is 110 Å². The van der Waals surface area contributed by atoms with E-state index >= 15 is 0 Å². The fourth-order valence-electron chi connectivity index (χ4n) is 6.85. The zero-order valence-corrected chi connectivity index (χ0v) is 26.5. The SMILES string of the molecule is C=C/C(=C\C(=N)n1c2ccccc2c2c3ccccc3ccc21)c1nc(-c2ccc3ccccc3c2)nc(-c2ccc3ccccc3c2)n1. The number of hydrogen-bond acceptors (Lipinski definition) is 4. The third-order valence-corrected chi connectivity index (χ3v) is 9.22. The van der Waals surface area contributed by atoms with Gasteiger partial charge in [0.2, 0.25) is 0 Å². The van der Waals surface area contributed by atoms with Crippen LogP contribution in [0.25, 0.3) is 82.5 Å². The van der Waals surface area contributed by atoms with Gasteiger partial charge in [-0.05, 0) is 62.7 Å². The Morgan fingerprint density at radius 1 is 0.531 bits per heavy atom. The van der Waals surface area contributed by atoms with Gasteiger partial charge in [0.25, 0.3) is 0 Å². The van der Waals surface area contributed by atoms with Gasteiger partial charge in [0.05, 0.1) is 11.0 Å². The molecule has 0 fully saturated rings. The number of hydrogen-bond donors (Lipinski definition) is 1. The second kappa shape index (κ2) is 11.5. The largest absolute Gasteiger partial charge is 0.294 e. The molecule has 9 rings (SSSR count). The van der Waals surface area contributed by atoms with E-state index in [1.807, 2.05) is 47.0 Å². The van der Waals surface area contributed by atoms with Gasteiger partial charge in [-0.2, -0.15) is 0 Å². The number of fused-ring (bicyclic) bond motifs is 7. The van der Waals surface area contributed by atoms with Crippen LogP contribution in [0.1, 0.15) is 5.82 Å². The molecule has 7 aromatic carbocycles. The molecule has 0 amide bonds. The molecule has 230 valence electrons. The van der Waals surface area contributed by atoms with Crippen molar-refractivity contribution >= 4 is 65.5 Å². The van der Waals surface area contributed by atoms with Gasteiger partial charge in [0.15, 0.2) is 17.5 Å². The molecule has 0 spiro atoms. The van der Waals surface area contributed by atoms with Crippen LogP contribution in [-0.2, 0) is 0 Å². The Bertz CT molecular complexity index is 2730. The smallest absolute Gasteiger partial charge is 0.164 e. The molecule has 0 aliphatic carbocycles. The fourth-order valence-corrected chi connectivity index (χ4v) is 6.85. The Morgan fingerprint density at radius 3 is 1.69 bits per heavy atom. The van der Waals surface area contributed by atoms with Crippen LogP contribution < -0.4 is 0 Å². The first-order valence-corrected chi connectivity index (χ1v) is 16.2. The highest BCUT2D eigenvalue weighted by Gasteiger charge is 2.18. The number of nitrogens with zero attached hydrogens (tertiary/aromatic N) is 4. The van der Waals surface area contributed by atoms with Crippen LogP contribution in [0.2, 0.25) is 0 Å². The fraction of sp³-hybridized carbons (Fsp3) is 0. The number of nitrogens with one attached hydrogen (secondary N) is 1. The average Bonchev–Trinajstić information content (AvgIpc) is 3.51. The minimum atomic E-state index is 0.288. The van der Waals surface area contributed by atoms with Crippen molar-refractivity contribution < 1.29 is 0 Å². The van der Waals surface area contributed by atoms with Crippen LogP contribution in [0.3, 0.4) is 0 Å². The Morgan fingerprint density at radius 2 is 1.06 bits per heavy atom. The van der Waals surface area contributed by atoms with E-state index in [0.717, 1.165) is 59.9 Å². The van der Waals surface area contributed by atoms with Crippen molar-refractivity contribution in [3.05, 3.63) is 170 Å². The van der Waals surface area contributed by atoms with Crippen molar-refractivity contribution in [2.45, 2.75) is 0 Å². The molecule has 0 unspecified atom stereocenters. The van der Waals surface area contributed by atoms with Gasteiger partial charge in [-0.15, -0.1) is 0 Å². The number of para-hydroxylation sites is 1. The Kier molecular flexibility index (Phi) is 6.69. The van der Waals surface area contributed by atoms with Gasteiger partial charge in [0, 0.05) is 27.5 Å². The summed E-state index contributed by atoms with van der Waals surface area (Å²) in [5.41, 5.74) is 4.33. The standard InChI is InChI=1S/C44H29N5/c1-2-28(27-40(45)49-38-18-10-9-17-37(38)41-36-16-8-7-13-31(36)23-24-39(41)49)42-46-43(34-21-19-29-11-3-5-14-32(29)25-34)48-44(47-42)35-22-20-30-12-4-6-15-33(30)26-35/h2-27,45H,1H2/b28-27+,45-40?. The zero-order chi connectivity index (χ0) is 32.9. The van der Waals surface area contributed by atoms with Crippen molar-refractivity contribution in [1.29, 1.82) is 5.41 Å². The number of rotatable bonds is 5. The summed E-state index contributed by atoms with van der Waals surface area (Å²) < 4.78 is 2.00. The zero-order valence-electron chi connectivity index (χ0n) is 26.5. The van der Waals surface area contributed by atoms with Gasteiger partial charge in [0.1, 0.15) is 5.84 Å². The van der Waals surface area contributed by atoms with Crippen LogP contribution in [0.4, 0.5) is 0 Å². The molecule has 49 heavy (non-hydrogen) atoms. The lowest BCUT2D eigenvalue weighted by Crippen LogP contribution is -2.09. The Balaban J connectivity index is 1.23. The first kappa shape index (κ1) is 28.5. The highest BCUT2D eigenvalue weighted by molar-refractivity contribution is 6.24. The summed E-state index contributed by atoms with van der Waals surface area (Å²) in [6.07, 6.45) is 3.53. The van der Waals surface area contributed by atoms with Crippen LogP contribution in [0, 0.1) is 5.41 Å². The predicted molar refractivity (Wildman–Crippen MR) is 204 cm³/mol. The van der Waals surface area contributed by atoms with Crippen LogP contribution in [-0.4, -0.2) is 25.4 Å². The first-order chi connectivity index (χ1) is 24.1. The second-order valence-corrected chi connectivity index (χ2v) is 12.2. The van der Waals surface area contributed by atoms with Gasteiger partial charge in [-0.3, -0.25) is 9.98 Å². The van der Waals surface area contributed by atoms with Crippen molar-refractivity contribution in [3.63, 3.8) is 0 Å². The summed E-state index contributed by atoms with van der Waals surface area (Å²) >= 11 is 0. The molecule has 0 bridgehead atoms. The summed E-state index contributed by atoms with van der Waals surface area (Å²) in [5, 5.41) is 18.5. The van der Waals surface area contributed by atoms with E-state index in [4.69, 9.17) is 15.0 Å². The molecule has 5 nitrogen and oxygen atoms in total. The summed E-state index contributed by atoms with van der Waals surface area (Å²) in [4.78, 5) is 15.0. The number of aromatic nitrogens is 4. The van der Waals surface area contributed by atoms with Crippen LogP contribution >= 0.6 is 0 Å². The van der Waals surface area contributed by atoms with Crippen molar-refractivity contribution in [1.82, 2.24) is 19.5 Å². The lowest BCUT2D eigenvalue weighted by Gasteiger charge is -2.11. The summed E-state index contributed by atoms with van der Waals surface area (Å²) in [7, 11) is 0. The lowest BCUT2D eigenvalue weighted by molar-refractivity contribution is 1.04. The molecule has 0 aliphatic heterocycles. The third-order valence-electron chi connectivity index (χ3n) is 9.22. The lowest BCUT2D eigenvalue weighted by atomic mass is 10.0. The van der Waals surface area contributed by atoms with E-state index < -0.39 is 0 Å². The first-order valence-electron chi connectivity index (χ1n) is 16.2. The van der Waals surface area contributed by atoms with Gasteiger partial charge < -0.3 is 0 Å². The molecule has 0 radical (unpaired) electrons. The summed E-state index contributed by atoms with van der Waals surface area (Å²) in [6.45, 7) is 4.15. The molecule has 2 aromatic heterocycles. The molecule has 0 saturated heterocycles. The highest BCUT2D eigenvalue weighted by Crippen LogP contribution is 2.35. The van der Waals surface area contributed by atoms with Crippen molar-refractivity contribution in [2.24, 2.45) is 0 Å². The molecule has 0 saturated carbocycles. The molecule has 5 heteroatoms. The Hall–Kier alpha value is -6.72. The molecule has 0 aliphatic rings. The maximum atomic E-state index is 9.49. The molecule has 0 atom stereocenters. The molecular formula is C44H29N5. The number of allylic oxidation sites excluding steroid dienone is 3. The van der Waals surface area contributed by atoms with Crippen molar-refractivity contribution in [2.75, 3.05) is 0 Å². The average molecular weight is 628 g/mol. The monoisotopic (exact) mass is 627 g/mol. The molecule has 9 aromatic rings. The van der Waals surface area contributed by atoms with E-state index in [-0.39, 0.29) is 5.84 Å². The minimum absolute atomic E-state index is 0.288. The highest BCUT2D eigenvalue weighted by atomic mass is 15.0. The van der Waals surface area contributed by atoms with Gasteiger partial charge >= 0.3 is 0 Å². The minimum Gasteiger partial charge on any atom is -0.294 e. The topological polar surface area (TPSA) is 67.5 Å². The quantitative estimate of drug-likeness (QED) is 0.117. The van der Waals surface area contributed by atoms with Crippen LogP contribution in [0.15, 0.2) is 164 Å². The summed E-state index contributed by atoms with van der Waals surface area (Å²) in [5.74, 6) is 1.85.